The molecule has 0 bridgehead atoms. The van der Waals surface area contributed by atoms with Crippen LogP contribution < -0.4 is 11.1 Å². The summed E-state index contributed by atoms with van der Waals surface area (Å²) in [5.41, 5.74) is 6.72. The Morgan fingerprint density at radius 2 is 2.29 bits per heavy atom. The topological polar surface area (TPSA) is 89.6 Å². The van der Waals surface area contributed by atoms with Gasteiger partial charge in [-0.1, -0.05) is 0 Å². The highest BCUT2D eigenvalue weighted by Crippen LogP contribution is 2.10. The number of nitrogens with zero attached hydrogens (tertiary/aromatic N) is 2. The molecule has 0 aromatic carbocycles. The number of anilines is 1. The monoisotopic (exact) mass is 236 g/mol. The number of rotatable bonds is 3. The molecule has 0 aliphatic rings. The van der Waals surface area contributed by atoms with E-state index in [4.69, 9.17) is 5.73 Å². The van der Waals surface area contributed by atoms with Crippen LogP contribution in [0.25, 0.3) is 0 Å². The Kier molecular flexibility index (Phi) is 4.45. The Hall–Kier alpha value is -2.11. The van der Waals surface area contributed by atoms with E-state index in [1.807, 2.05) is 13.8 Å². The standard InChI is InChI=1S/C11H16N4O2/c1-4-13-11(12)15-9-6-7(2)5-8(14-9)10(16)17-3/h5-6H,4H2,1-3H3,(H3,12,13,14,15). The number of aromatic nitrogens is 1. The lowest BCUT2D eigenvalue weighted by molar-refractivity contribution is 0.0594. The van der Waals surface area contributed by atoms with Gasteiger partial charge in [-0.2, -0.15) is 0 Å². The smallest absolute Gasteiger partial charge is 0.356 e. The molecule has 0 amide bonds. The van der Waals surface area contributed by atoms with Crippen molar-refractivity contribution in [2.75, 3.05) is 19.0 Å². The van der Waals surface area contributed by atoms with Gasteiger partial charge in [0.1, 0.15) is 5.82 Å². The van der Waals surface area contributed by atoms with E-state index in [0.29, 0.717) is 12.4 Å². The van der Waals surface area contributed by atoms with Gasteiger partial charge in [0.25, 0.3) is 0 Å². The molecule has 1 aromatic heterocycles. The van der Waals surface area contributed by atoms with E-state index >= 15 is 0 Å². The van der Waals surface area contributed by atoms with E-state index in [1.165, 1.54) is 7.11 Å². The first-order chi connectivity index (χ1) is 8.06. The molecule has 0 radical (unpaired) electrons. The number of hydrogen-bond acceptors (Lipinski definition) is 4. The summed E-state index contributed by atoms with van der Waals surface area (Å²) in [6.45, 7) is 4.30. The second-order valence-corrected chi connectivity index (χ2v) is 3.39. The first kappa shape index (κ1) is 13.0. The zero-order chi connectivity index (χ0) is 12.8. The van der Waals surface area contributed by atoms with Crippen molar-refractivity contribution in [3.8, 4) is 0 Å². The number of methoxy groups -OCH3 is 1. The Labute approximate surface area is 99.9 Å². The lowest BCUT2D eigenvalue weighted by atomic mass is 10.2. The van der Waals surface area contributed by atoms with Crippen molar-refractivity contribution < 1.29 is 9.53 Å². The van der Waals surface area contributed by atoms with Crippen LogP contribution in [0.15, 0.2) is 17.1 Å². The largest absolute Gasteiger partial charge is 0.464 e. The maximum atomic E-state index is 11.4. The molecule has 3 N–H and O–H groups in total. The van der Waals surface area contributed by atoms with Gasteiger partial charge in [-0.05, 0) is 31.5 Å². The molecule has 1 rings (SSSR count). The van der Waals surface area contributed by atoms with Crippen LogP contribution in [0.5, 0.6) is 0 Å². The van der Waals surface area contributed by atoms with Crippen molar-refractivity contribution >= 4 is 17.7 Å². The zero-order valence-electron chi connectivity index (χ0n) is 10.2. The molecule has 0 aliphatic heterocycles. The molecule has 17 heavy (non-hydrogen) atoms. The van der Waals surface area contributed by atoms with E-state index in [9.17, 15) is 4.79 Å². The number of ether oxygens (including phenoxy) is 1. The van der Waals surface area contributed by atoms with Crippen molar-refractivity contribution in [2.24, 2.45) is 10.7 Å². The molecule has 0 aliphatic carbocycles. The lowest BCUT2D eigenvalue weighted by Gasteiger charge is -2.07. The number of guanidine groups is 1. The summed E-state index contributed by atoms with van der Waals surface area (Å²) in [5, 5.41) is 2.81. The predicted molar refractivity (Wildman–Crippen MR) is 66.1 cm³/mol. The number of nitrogens with two attached hydrogens (primary N) is 1. The molecule has 1 aromatic rings. The minimum Gasteiger partial charge on any atom is -0.464 e. The predicted octanol–water partition coefficient (Wildman–Crippen LogP) is 0.923. The molecule has 1 heterocycles. The second kappa shape index (κ2) is 5.83. The average Bonchev–Trinajstić information content (AvgIpc) is 2.27. The highest BCUT2D eigenvalue weighted by molar-refractivity contribution is 5.93. The summed E-state index contributed by atoms with van der Waals surface area (Å²) < 4.78 is 4.61. The fraction of sp³-hybridized carbons (Fsp3) is 0.364. The Morgan fingerprint density at radius 1 is 1.59 bits per heavy atom. The van der Waals surface area contributed by atoms with Gasteiger partial charge >= 0.3 is 5.97 Å². The molecule has 0 unspecified atom stereocenters. The molecule has 0 fully saturated rings. The van der Waals surface area contributed by atoms with Crippen molar-refractivity contribution in [1.29, 1.82) is 0 Å². The van der Waals surface area contributed by atoms with Crippen LogP contribution in [0.3, 0.4) is 0 Å². The summed E-state index contributed by atoms with van der Waals surface area (Å²) >= 11 is 0. The molecule has 0 spiro atoms. The second-order valence-electron chi connectivity index (χ2n) is 3.39. The minimum absolute atomic E-state index is 0.235. The first-order valence-electron chi connectivity index (χ1n) is 5.20. The Morgan fingerprint density at radius 3 is 2.88 bits per heavy atom. The van der Waals surface area contributed by atoms with Crippen LogP contribution in [0, 0.1) is 6.92 Å². The van der Waals surface area contributed by atoms with Crippen LogP contribution in [0.2, 0.25) is 0 Å². The molecule has 0 saturated carbocycles. The van der Waals surface area contributed by atoms with Crippen molar-refractivity contribution in [2.45, 2.75) is 13.8 Å². The van der Waals surface area contributed by atoms with Crippen LogP contribution in [-0.4, -0.2) is 30.6 Å². The fourth-order valence-corrected chi connectivity index (χ4v) is 1.28. The summed E-state index contributed by atoms with van der Waals surface area (Å²) in [6, 6.07) is 3.41. The third-order valence-electron chi connectivity index (χ3n) is 1.95. The minimum atomic E-state index is -0.484. The maximum absolute atomic E-state index is 11.4. The van der Waals surface area contributed by atoms with Crippen molar-refractivity contribution in [3.63, 3.8) is 0 Å². The fourth-order valence-electron chi connectivity index (χ4n) is 1.28. The van der Waals surface area contributed by atoms with Gasteiger partial charge in [0.15, 0.2) is 11.7 Å². The highest BCUT2D eigenvalue weighted by Gasteiger charge is 2.09. The number of carbonyl (C=O) groups is 1. The SMILES string of the molecule is CCN=C(N)Nc1cc(C)cc(C(=O)OC)n1. The molecule has 6 heteroatoms. The number of aryl methyl sites for hydroxylation is 1. The lowest BCUT2D eigenvalue weighted by Crippen LogP contribution is -2.23. The van der Waals surface area contributed by atoms with Gasteiger partial charge in [0.2, 0.25) is 0 Å². The molecular formula is C11H16N4O2. The van der Waals surface area contributed by atoms with Crippen LogP contribution in [0.1, 0.15) is 23.0 Å². The third kappa shape index (κ3) is 3.75. The van der Waals surface area contributed by atoms with E-state index in [1.54, 1.807) is 12.1 Å². The van der Waals surface area contributed by atoms with Gasteiger partial charge in [0.05, 0.1) is 7.11 Å². The van der Waals surface area contributed by atoms with Crippen molar-refractivity contribution in [3.05, 3.63) is 23.4 Å². The first-order valence-corrected chi connectivity index (χ1v) is 5.20. The van der Waals surface area contributed by atoms with E-state index in [0.717, 1.165) is 5.56 Å². The number of aliphatic imine (C=N–C) groups is 1. The van der Waals surface area contributed by atoms with E-state index in [2.05, 4.69) is 20.0 Å². The van der Waals surface area contributed by atoms with Gasteiger partial charge in [-0.15, -0.1) is 0 Å². The van der Waals surface area contributed by atoms with Gasteiger partial charge in [-0.25, -0.2) is 9.78 Å². The summed E-state index contributed by atoms with van der Waals surface area (Å²) in [7, 11) is 1.31. The normalized spacial score (nSPS) is 11.1. The van der Waals surface area contributed by atoms with Crippen LogP contribution >= 0.6 is 0 Å². The van der Waals surface area contributed by atoms with Crippen molar-refractivity contribution in [1.82, 2.24) is 4.98 Å². The van der Waals surface area contributed by atoms with Gasteiger partial charge < -0.3 is 15.8 Å². The quantitative estimate of drug-likeness (QED) is 0.463. The maximum Gasteiger partial charge on any atom is 0.356 e. The molecule has 0 saturated heterocycles. The number of esters is 1. The summed E-state index contributed by atoms with van der Waals surface area (Å²) in [6.07, 6.45) is 0. The summed E-state index contributed by atoms with van der Waals surface area (Å²) in [4.78, 5) is 19.4. The van der Waals surface area contributed by atoms with Gasteiger partial charge in [0, 0.05) is 6.54 Å². The number of hydrogen-bond donors (Lipinski definition) is 2. The van der Waals surface area contributed by atoms with Crippen LogP contribution in [0.4, 0.5) is 5.82 Å². The van der Waals surface area contributed by atoms with E-state index in [-0.39, 0.29) is 11.7 Å². The molecule has 0 atom stereocenters. The highest BCUT2D eigenvalue weighted by atomic mass is 16.5. The van der Waals surface area contributed by atoms with E-state index < -0.39 is 5.97 Å². The molecule has 6 nitrogen and oxygen atoms in total. The third-order valence-corrected chi connectivity index (χ3v) is 1.95. The number of pyridine rings is 1. The zero-order valence-corrected chi connectivity index (χ0v) is 10.2. The molecule has 92 valence electrons. The molecular weight excluding hydrogens is 220 g/mol. The average molecular weight is 236 g/mol. The van der Waals surface area contributed by atoms with Gasteiger partial charge in [-0.3, -0.25) is 4.99 Å². The summed E-state index contributed by atoms with van der Waals surface area (Å²) in [5.74, 6) is 0.254. The number of carbonyl (C=O) groups excluding carboxylic acids is 1. The Balaban J connectivity index is 2.97. The van der Waals surface area contributed by atoms with Crippen LogP contribution in [-0.2, 0) is 4.74 Å². The number of nitrogens with one attached hydrogen (secondary N) is 1. The Bertz CT molecular complexity index is 443.